The van der Waals surface area contributed by atoms with E-state index < -0.39 is 27.9 Å². The maximum atomic E-state index is 12.6. The second-order valence-electron chi connectivity index (χ2n) is 6.04. The Bertz CT molecular complexity index is 974. The number of hydrogen-bond donors (Lipinski definition) is 2. The first-order chi connectivity index (χ1) is 12.5. The molecule has 0 saturated heterocycles. The fraction of sp³-hybridized carbons (Fsp3) is 0.222. The second kappa shape index (κ2) is 7.98. The van der Waals surface area contributed by atoms with E-state index in [-0.39, 0.29) is 5.56 Å². The number of hydrogen-bond acceptors (Lipinski definition) is 4. The van der Waals surface area contributed by atoms with Gasteiger partial charge in [-0.1, -0.05) is 17.7 Å². The number of carboxylic acid groups (broad SMARTS) is 1. The van der Waals surface area contributed by atoms with Gasteiger partial charge in [-0.15, -0.1) is 0 Å². The standard InChI is InChI=1S/C18H19ClN2O5S/c1-11-4-7-14(19)10-16(11)21(27(3,25)26)12(2)17(22)20-15-8-5-13(6-9-15)18(23)24/h4-10,12H,1-3H3,(H,20,22)(H,23,24)/t12-/m0/s1. The van der Waals surface area contributed by atoms with Gasteiger partial charge in [0.2, 0.25) is 15.9 Å². The van der Waals surface area contributed by atoms with Crippen LogP contribution in [0.3, 0.4) is 0 Å². The summed E-state index contributed by atoms with van der Waals surface area (Å²) in [7, 11) is -3.78. The minimum atomic E-state index is -3.78. The Hall–Kier alpha value is -2.58. The first kappa shape index (κ1) is 20.7. The van der Waals surface area contributed by atoms with Gasteiger partial charge in [-0.05, 0) is 55.8 Å². The van der Waals surface area contributed by atoms with Gasteiger partial charge in [-0.3, -0.25) is 9.10 Å². The molecule has 0 unspecified atom stereocenters. The smallest absolute Gasteiger partial charge is 0.335 e. The van der Waals surface area contributed by atoms with Gasteiger partial charge in [0.05, 0.1) is 17.5 Å². The minimum absolute atomic E-state index is 0.0772. The Labute approximate surface area is 162 Å². The van der Waals surface area contributed by atoms with Crippen molar-refractivity contribution in [2.45, 2.75) is 19.9 Å². The van der Waals surface area contributed by atoms with E-state index in [0.717, 1.165) is 10.6 Å². The van der Waals surface area contributed by atoms with Crippen LogP contribution in [0.15, 0.2) is 42.5 Å². The number of amides is 1. The number of carbonyl (C=O) groups excluding carboxylic acids is 1. The molecular weight excluding hydrogens is 392 g/mol. The largest absolute Gasteiger partial charge is 0.478 e. The number of nitrogens with zero attached hydrogens (tertiary/aromatic N) is 1. The van der Waals surface area contributed by atoms with Gasteiger partial charge in [-0.2, -0.15) is 0 Å². The number of carboxylic acids is 1. The molecule has 2 rings (SSSR count). The van der Waals surface area contributed by atoms with Crippen LogP contribution in [0.2, 0.25) is 5.02 Å². The maximum absolute atomic E-state index is 12.6. The number of carbonyl (C=O) groups is 2. The van der Waals surface area contributed by atoms with E-state index in [0.29, 0.717) is 22.0 Å². The maximum Gasteiger partial charge on any atom is 0.335 e. The molecule has 2 aromatic carbocycles. The molecule has 0 radical (unpaired) electrons. The van der Waals surface area contributed by atoms with Crippen LogP contribution in [-0.2, 0) is 14.8 Å². The summed E-state index contributed by atoms with van der Waals surface area (Å²) in [4.78, 5) is 23.5. The first-order valence-corrected chi connectivity index (χ1v) is 10.1. The zero-order valence-electron chi connectivity index (χ0n) is 14.9. The van der Waals surface area contributed by atoms with Crippen molar-refractivity contribution in [1.29, 1.82) is 0 Å². The van der Waals surface area contributed by atoms with Crippen LogP contribution in [-0.4, -0.2) is 37.7 Å². The molecule has 2 N–H and O–H groups in total. The van der Waals surface area contributed by atoms with Gasteiger partial charge >= 0.3 is 5.97 Å². The second-order valence-corrected chi connectivity index (χ2v) is 8.33. The monoisotopic (exact) mass is 410 g/mol. The van der Waals surface area contributed by atoms with E-state index in [1.807, 2.05) is 0 Å². The predicted molar refractivity (Wildman–Crippen MR) is 105 cm³/mol. The summed E-state index contributed by atoms with van der Waals surface area (Å²) in [6.07, 6.45) is 1.01. The van der Waals surface area contributed by atoms with E-state index in [1.165, 1.54) is 37.3 Å². The number of anilines is 2. The fourth-order valence-corrected chi connectivity index (χ4v) is 3.93. The quantitative estimate of drug-likeness (QED) is 0.761. The van der Waals surface area contributed by atoms with Crippen molar-refractivity contribution in [3.05, 3.63) is 58.6 Å². The highest BCUT2D eigenvalue weighted by atomic mass is 35.5. The van der Waals surface area contributed by atoms with Crippen molar-refractivity contribution in [3.63, 3.8) is 0 Å². The molecule has 0 saturated carbocycles. The highest BCUT2D eigenvalue weighted by molar-refractivity contribution is 7.92. The summed E-state index contributed by atoms with van der Waals surface area (Å²) in [5.41, 5.74) is 1.39. The molecule has 7 nitrogen and oxygen atoms in total. The van der Waals surface area contributed by atoms with E-state index in [1.54, 1.807) is 19.1 Å². The van der Waals surface area contributed by atoms with Crippen LogP contribution in [0.25, 0.3) is 0 Å². The molecule has 0 fully saturated rings. The van der Waals surface area contributed by atoms with Gasteiger partial charge in [0.25, 0.3) is 0 Å². The zero-order chi connectivity index (χ0) is 20.4. The summed E-state index contributed by atoms with van der Waals surface area (Å²) in [6, 6.07) is 9.30. The van der Waals surface area contributed by atoms with Crippen LogP contribution < -0.4 is 9.62 Å². The summed E-state index contributed by atoms with van der Waals surface area (Å²) in [6.45, 7) is 3.18. The van der Waals surface area contributed by atoms with Crippen LogP contribution in [0.5, 0.6) is 0 Å². The number of benzene rings is 2. The molecule has 1 atom stereocenters. The van der Waals surface area contributed by atoms with Crippen molar-refractivity contribution in [3.8, 4) is 0 Å². The van der Waals surface area contributed by atoms with Gasteiger partial charge in [0.15, 0.2) is 0 Å². The molecule has 27 heavy (non-hydrogen) atoms. The van der Waals surface area contributed by atoms with Crippen LogP contribution >= 0.6 is 11.6 Å². The number of sulfonamides is 1. The third-order valence-corrected chi connectivity index (χ3v) is 5.36. The summed E-state index contributed by atoms with van der Waals surface area (Å²) in [5, 5.41) is 11.9. The number of aromatic carboxylic acids is 1. The Kier molecular flexibility index (Phi) is 6.12. The lowest BCUT2D eigenvalue weighted by atomic mass is 10.1. The summed E-state index contributed by atoms with van der Waals surface area (Å²) >= 11 is 6.00. The molecule has 0 aliphatic carbocycles. The molecule has 0 bridgehead atoms. The van der Waals surface area contributed by atoms with Crippen molar-refractivity contribution >= 4 is 44.9 Å². The summed E-state index contributed by atoms with van der Waals surface area (Å²) in [5.74, 6) is -1.65. The fourth-order valence-electron chi connectivity index (χ4n) is 2.54. The van der Waals surface area contributed by atoms with Crippen molar-refractivity contribution in [2.24, 2.45) is 0 Å². The van der Waals surface area contributed by atoms with Gasteiger partial charge < -0.3 is 10.4 Å². The molecular formula is C18H19ClN2O5S. The van der Waals surface area contributed by atoms with E-state index in [9.17, 15) is 18.0 Å². The number of rotatable bonds is 6. The molecule has 0 spiro atoms. The number of halogens is 1. The number of nitrogens with one attached hydrogen (secondary N) is 1. The van der Waals surface area contributed by atoms with Crippen LogP contribution in [0.4, 0.5) is 11.4 Å². The third-order valence-electron chi connectivity index (χ3n) is 3.90. The SMILES string of the molecule is Cc1ccc(Cl)cc1N([C@@H](C)C(=O)Nc1ccc(C(=O)O)cc1)S(C)(=O)=O. The van der Waals surface area contributed by atoms with Crippen LogP contribution in [0.1, 0.15) is 22.8 Å². The highest BCUT2D eigenvalue weighted by Crippen LogP contribution is 2.28. The molecule has 9 heteroatoms. The first-order valence-electron chi connectivity index (χ1n) is 7.90. The lowest BCUT2D eigenvalue weighted by Crippen LogP contribution is -2.45. The minimum Gasteiger partial charge on any atom is -0.478 e. The number of aryl methyl sites for hydroxylation is 1. The Balaban J connectivity index is 2.32. The van der Waals surface area contributed by atoms with E-state index >= 15 is 0 Å². The lowest BCUT2D eigenvalue weighted by Gasteiger charge is -2.29. The highest BCUT2D eigenvalue weighted by Gasteiger charge is 2.30. The molecule has 0 heterocycles. The Morgan fingerprint density at radius 1 is 1.15 bits per heavy atom. The van der Waals surface area contributed by atoms with Gasteiger partial charge in [-0.25, -0.2) is 13.2 Å². The van der Waals surface area contributed by atoms with Crippen molar-refractivity contribution in [1.82, 2.24) is 0 Å². The molecule has 144 valence electrons. The van der Waals surface area contributed by atoms with E-state index in [4.69, 9.17) is 16.7 Å². The molecule has 2 aromatic rings. The Morgan fingerprint density at radius 2 is 1.74 bits per heavy atom. The zero-order valence-corrected chi connectivity index (χ0v) is 16.5. The molecule has 0 aliphatic heterocycles. The van der Waals surface area contributed by atoms with Gasteiger partial charge in [0.1, 0.15) is 6.04 Å². The van der Waals surface area contributed by atoms with Crippen molar-refractivity contribution in [2.75, 3.05) is 15.9 Å². The lowest BCUT2D eigenvalue weighted by molar-refractivity contribution is -0.116. The summed E-state index contributed by atoms with van der Waals surface area (Å²) < 4.78 is 25.7. The predicted octanol–water partition coefficient (Wildman–Crippen LogP) is 3.14. The third kappa shape index (κ3) is 4.99. The average molecular weight is 411 g/mol. The normalized spacial score (nSPS) is 12.3. The molecule has 1 amide bonds. The van der Waals surface area contributed by atoms with E-state index in [2.05, 4.69) is 5.32 Å². The van der Waals surface area contributed by atoms with Crippen LogP contribution in [0, 0.1) is 6.92 Å². The molecule has 0 aliphatic rings. The molecule has 0 aromatic heterocycles. The van der Waals surface area contributed by atoms with Crippen molar-refractivity contribution < 1.29 is 23.1 Å². The average Bonchev–Trinajstić information content (AvgIpc) is 2.57. The van der Waals surface area contributed by atoms with Gasteiger partial charge in [0, 0.05) is 10.7 Å². The Morgan fingerprint density at radius 3 is 2.26 bits per heavy atom. The topological polar surface area (TPSA) is 104 Å².